The number of thiophene rings is 1. The fourth-order valence-electron chi connectivity index (χ4n) is 12.4. The molecule has 320 valence electrons. The predicted molar refractivity (Wildman–Crippen MR) is 294 cm³/mol. The van der Waals surface area contributed by atoms with Crippen LogP contribution in [0.4, 0.5) is 17.1 Å². The molecule has 0 bridgehead atoms. The Hall–Kier alpha value is -8.56. The Morgan fingerprint density at radius 1 is 0.261 bits per heavy atom. The van der Waals surface area contributed by atoms with E-state index in [1.54, 1.807) is 0 Å². The molecule has 1 heterocycles. The molecule has 0 fully saturated rings. The summed E-state index contributed by atoms with van der Waals surface area (Å²) in [5.74, 6) is 0. The van der Waals surface area contributed by atoms with Crippen LogP contribution in [0.25, 0.3) is 97.0 Å². The minimum atomic E-state index is -0.399. The SMILES string of the molecule is c1cc(-c2ccc(N(c3ccc4c(c3)-c3ccccc3C43c4ccccc4-c4ccccc43)c3ccc4c5ccccc5c5ccccc5c4c3)cc2)cc(-c2cccc3c2sc2ccccc23)c1. The van der Waals surface area contributed by atoms with Crippen molar-refractivity contribution in [2.45, 2.75) is 5.41 Å². The average Bonchev–Trinajstić information content (AvgIpc) is 4.05. The van der Waals surface area contributed by atoms with Crippen molar-refractivity contribution in [2.75, 3.05) is 4.90 Å². The van der Waals surface area contributed by atoms with E-state index in [9.17, 15) is 0 Å². The molecule has 0 saturated heterocycles. The summed E-state index contributed by atoms with van der Waals surface area (Å²) in [5.41, 5.74) is 18.4. The topological polar surface area (TPSA) is 3.24 Å². The maximum Gasteiger partial charge on any atom is 0.0725 e. The number of nitrogens with zero attached hydrogens (tertiary/aromatic N) is 1. The molecule has 2 aliphatic carbocycles. The number of fused-ring (bicyclic) bond motifs is 19. The van der Waals surface area contributed by atoms with Gasteiger partial charge in [-0.1, -0.05) is 200 Å². The average molecular weight is 892 g/mol. The first-order valence-corrected chi connectivity index (χ1v) is 24.7. The molecular weight excluding hydrogens is 851 g/mol. The fraction of sp³-hybridized carbons (Fsp3) is 0.0149. The molecule has 15 rings (SSSR count). The Morgan fingerprint density at radius 3 is 1.41 bits per heavy atom. The smallest absolute Gasteiger partial charge is 0.0725 e. The van der Waals surface area contributed by atoms with Crippen LogP contribution in [0.15, 0.2) is 249 Å². The lowest BCUT2D eigenvalue weighted by Gasteiger charge is -2.31. The third kappa shape index (κ3) is 5.46. The van der Waals surface area contributed by atoms with Crippen molar-refractivity contribution in [2.24, 2.45) is 0 Å². The van der Waals surface area contributed by atoms with Crippen molar-refractivity contribution in [3.8, 4) is 44.5 Å². The predicted octanol–water partition coefficient (Wildman–Crippen LogP) is 18.7. The number of hydrogen-bond donors (Lipinski definition) is 0. The summed E-state index contributed by atoms with van der Waals surface area (Å²) >= 11 is 1.88. The van der Waals surface area contributed by atoms with Crippen LogP contribution in [0, 0.1) is 0 Å². The highest BCUT2D eigenvalue weighted by Crippen LogP contribution is 2.63. The summed E-state index contributed by atoms with van der Waals surface area (Å²) in [4.78, 5) is 2.47. The molecule has 2 aliphatic rings. The largest absolute Gasteiger partial charge is 0.310 e. The standard InChI is InChI=1S/C67H41NS/c1-2-19-51-49(17-1)50-18-3-4-20-52(50)59-40-46(35-37-53(51)59)68(45-33-31-42(32-34-45)43-15-13-16-44(39-43)48-25-14-26-58-57-24-8-12-30-65(57)69-66(48)58)47-36-38-64-60(41-47)56-23-7-11-29-63(56)67(64)61-27-9-5-21-54(61)55-22-6-10-28-62(55)67/h1-41H. The fourth-order valence-corrected chi connectivity index (χ4v) is 13.6. The first-order chi connectivity index (χ1) is 34.2. The molecule has 0 unspecified atom stereocenters. The lowest BCUT2D eigenvalue weighted by Crippen LogP contribution is -2.25. The van der Waals surface area contributed by atoms with E-state index in [-0.39, 0.29) is 0 Å². The van der Waals surface area contributed by atoms with Gasteiger partial charge in [-0.2, -0.15) is 0 Å². The van der Waals surface area contributed by atoms with Gasteiger partial charge in [-0.3, -0.25) is 0 Å². The highest BCUT2D eigenvalue weighted by Gasteiger charge is 2.51. The molecule has 13 aromatic rings. The molecule has 0 N–H and O–H groups in total. The normalized spacial score (nSPS) is 13.0. The Bertz CT molecular complexity index is 4190. The van der Waals surface area contributed by atoms with Gasteiger partial charge in [0, 0.05) is 37.2 Å². The first kappa shape index (κ1) is 38.5. The number of rotatable bonds is 5. The molecule has 1 nitrogen and oxygen atoms in total. The van der Waals surface area contributed by atoms with E-state index in [4.69, 9.17) is 0 Å². The third-order valence-electron chi connectivity index (χ3n) is 15.3. The maximum absolute atomic E-state index is 2.47. The van der Waals surface area contributed by atoms with Gasteiger partial charge in [0.25, 0.3) is 0 Å². The van der Waals surface area contributed by atoms with Crippen molar-refractivity contribution in [1.82, 2.24) is 0 Å². The Balaban J connectivity index is 0.912. The second-order valence-electron chi connectivity index (χ2n) is 18.7. The van der Waals surface area contributed by atoms with Crippen molar-refractivity contribution < 1.29 is 0 Å². The van der Waals surface area contributed by atoms with Gasteiger partial charge in [-0.15, -0.1) is 11.3 Å². The molecule has 0 radical (unpaired) electrons. The van der Waals surface area contributed by atoms with Crippen molar-refractivity contribution >= 4 is 80.9 Å². The van der Waals surface area contributed by atoms with Crippen LogP contribution in [0.3, 0.4) is 0 Å². The number of hydrogen-bond acceptors (Lipinski definition) is 2. The minimum absolute atomic E-state index is 0.399. The first-order valence-electron chi connectivity index (χ1n) is 23.9. The van der Waals surface area contributed by atoms with E-state index in [1.807, 2.05) is 11.3 Å². The number of anilines is 3. The Morgan fingerprint density at radius 2 is 0.725 bits per heavy atom. The molecule has 12 aromatic carbocycles. The second kappa shape index (κ2) is 14.7. The lowest BCUT2D eigenvalue weighted by atomic mass is 9.70. The van der Waals surface area contributed by atoms with E-state index >= 15 is 0 Å². The molecule has 0 atom stereocenters. The summed E-state index contributed by atoms with van der Waals surface area (Å²) in [6.45, 7) is 0. The highest BCUT2D eigenvalue weighted by atomic mass is 32.1. The summed E-state index contributed by atoms with van der Waals surface area (Å²) in [6, 6.07) is 93.1. The van der Waals surface area contributed by atoms with E-state index in [0.29, 0.717) is 0 Å². The quantitative estimate of drug-likeness (QED) is 0.156. The summed E-state index contributed by atoms with van der Waals surface area (Å²) in [7, 11) is 0. The summed E-state index contributed by atoms with van der Waals surface area (Å²) in [6.07, 6.45) is 0. The van der Waals surface area contributed by atoms with Crippen molar-refractivity contribution in [1.29, 1.82) is 0 Å². The van der Waals surface area contributed by atoms with Gasteiger partial charge in [0.05, 0.1) is 5.41 Å². The molecule has 69 heavy (non-hydrogen) atoms. The molecule has 0 saturated carbocycles. The van der Waals surface area contributed by atoms with Gasteiger partial charge in [0.2, 0.25) is 0 Å². The summed E-state index contributed by atoms with van der Waals surface area (Å²) < 4.78 is 2.66. The number of benzene rings is 12. The zero-order valence-corrected chi connectivity index (χ0v) is 38.3. The third-order valence-corrected chi connectivity index (χ3v) is 16.5. The van der Waals surface area contributed by atoms with Crippen LogP contribution in [0.5, 0.6) is 0 Å². The van der Waals surface area contributed by atoms with Gasteiger partial charge in [-0.25, -0.2) is 0 Å². The van der Waals surface area contributed by atoms with Gasteiger partial charge in [-0.05, 0) is 148 Å². The lowest BCUT2D eigenvalue weighted by molar-refractivity contribution is 0.794. The van der Waals surface area contributed by atoms with Crippen molar-refractivity contribution in [3.63, 3.8) is 0 Å². The van der Waals surface area contributed by atoms with Crippen LogP contribution in [-0.4, -0.2) is 0 Å². The second-order valence-corrected chi connectivity index (χ2v) is 19.7. The van der Waals surface area contributed by atoms with Gasteiger partial charge in [0.15, 0.2) is 0 Å². The van der Waals surface area contributed by atoms with Crippen LogP contribution in [0.2, 0.25) is 0 Å². The van der Waals surface area contributed by atoms with Crippen LogP contribution >= 0.6 is 11.3 Å². The molecule has 1 aromatic heterocycles. The van der Waals surface area contributed by atoms with E-state index < -0.39 is 5.41 Å². The van der Waals surface area contributed by atoms with Crippen molar-refractivity contribution in [3.05, 3.63) is 271 Å². The molecule has 0 aliphatic heterocycles. The Labute approximate surface area is 404 Å². The zero-order valence-electron chi connectivity index (χ0n) is 37.5. The molecular formula is C67H41NS. The zero-order chi connectivity index (χ0) is 45.2. The van der Waals surface area contributed by atoms with E-state index in [1.165, 1.54) is 119 Å². The van der Waals surface area contributed by atoms with E-state index in [2.05, 4.69) is 254 Å². The maximum atomic E-state index is 2.47. The van der Waals surface area contributed by atoms with Gasteiger partial charge < -0.3 is 4.90 Å². The minimum Gasteiger partial charge on any atom is -0.310 e. The van der Waals surface area contributed by atoms with E-state index in [0.717, 1.165) is 17.1 Å². The van der Waals surface area contributed by atoms with Crippen LogP contribution in [0.1, 0.15) is 22.3 Å². The van der Waals surface area contributed by atoms with Crippen LogP contribution in [-0.2, 0) is 5.41 Å². The highest BCUT2D eigenvalue weighted by molar-refractivity contribution is 7.26. The molecule has 1 spiro atoms. The molecule has 2 heteroatoms. The van der Waals surface area contributed by atoms with Gasteiger partial charge in [0.1, 0.15) is 0 Å². The van der Waals surface area contributed by atoms with Gasteiger partial charge >= 0.3 is 0 Å². The monoisotopic (exact) mass is 891 g/mol. The Kier molecular flexibility index (Phi) is 8.22. The van der Waals surface area contributed by atoms with Crippen LogP contribution < -0.4 is 4.90 Å². The summed E-state index contributed by atoms with van der Waals surface area (Å²) in [5, 5.41) is 10.2. The molecule has 0 amide bonds.